The third-order valence-corrected chi connectivity index (χ3v) is 5.98. The fourth-order valence-electron chi connectivity index (χ4n) is 4.12. The van der Waals surface area contributed by atoms with Gasteiger partial charge in [-0.25, -0.2) is 8.42 Å². The predicted molar refractivity (Wildman–Crippen MR) is 108 cm³/mol. The predicted octanol–water partition coefficient (Wildman–Crippen LogP) is 3.38. The van der Waals surface area contributed by atoms with Gasteiger partial charge in [-0.05, 0) is 29.7 Å². The quantitative estimate of drug-likeness (QED) is 0.594. The highest BCUT2D eigenvalue weighted by Gasteiger charge is 2.58. The Morgan fingerprint density at radius 2 is 1.64 bits per heavy atom. The lowest BCUT2D eigenvalue weighted by Crippen LogP contribution is -2.15. The largest absolute Gasteiger partial charge is 0.494 e. The highest BCUT2D eigenvalue weighted by molar-refractivity contribution is 7.92. The number of nitrogens with one attached hydrogen (secondary N) is 1. The zero-order valence-electron chi connectivity index (χ0n) is 15.7. The average Bonchev–Trinajstić information content (AvgIpc) is 3.28. The molecule has 1 aliphatic rings. The van der Waals surface area contributed by atoms with Crippen molar-refractivity contribution < 1.29 is 18.6 Å². The molecule has 0 saturated carbocycles. The Hall–Kier alpha value is -2.93. The second-order valence-corrected chi connectivity index (χ2v) is 8.93. The maximum Gasteiger partial charge on any atom is 0.229 e. The van der Waals surface area contributed by atoms with Gasteiger partial charge < -0.3 is 10.2 Å². The summed E-state index contributed by atoms with van der Waals surface area (Å²) < 4.78 is 27.1. The number of hydrogen-bond acceptors (Lipinski definition) is 4. The standard InChI is InChI=1S/C21H22N2O4S/c1-3-21(15-10-7-11-16(12-15)22-28(2,26)27)17-18(21)20(25)23(19(17)24)13-14-8-5-4-6-9-14/h4-12,22,24-25H,3,13H2,1-2H3. The third kappa shape index (κ3) is 2.82. The lowest BCUT2D eigenvalue weighted by Gasteiger charge is -2.20. The molecule has 0 unspecified atom stereocenters. The molecule has 0 aliphatic heterocycles. The molecule has 6 nitrogen and oxygen atoms in total. The summed E-state index contributed by atoms with van der Waals surface area (Å²) in [6.45, 7) is 2.36. The van der Waals surface area contributed by atoms with Crippen LogP contribution in [0.1, 0.15) is 35.6 Å². The van der Waals surface area contributed by atoms with Gasteiger partial charge in [0.15, 0.2) is 11.8 Å². The van der Waals surface area contributed by atoms with E-state index >= 15 is 0 Å². The number of rotatable bonds is 6. The fourth-order valence-corrected chi connectivity index (χ4v) is 4.68. The molecule has 3 N–H and O–H groups in total. The van der Waals surface area contributed by atoms with Crippen LogP contribution in [0.2, 0.25) is 0 Å². The number of fused-ring (bicyclic) bond motifs is 1. The number of nitrogens with zero attached hydrogens (tertiary/aromatic N) is 1. The lowest BCUT2D eigenvalue weighted by molar-refractivity contribution is 0.362. The molecule has 28 heavy (non-hydrogen) atoms. The maximum absolute atomic E-state index is 11.5. The highest BCUT2D eigenvalue weighted by Crippen LogP contribution is 2.66. The van der Waals surface area contributed by atoms with Crippen LogP contribution in [-0.4, -0.2) is 29.5 Å². The van der Waals surface area contributed by atoms with E-state index in [0.717, 1.165) is 17.4 Å². The van der Waals surface area contributed by atoms with Crippen LogP contribution in [0.4, 0.5) is 5.69 Å². The smallest absolute Gasteiger partial charge is 0.229 e. The molecule has 2 aromatic carbocycles. The Labute approximate surface area is 164 Å². The minimum atomic E-state index is -3.39. The zero-order valence-corrected chi connectivity index (χ0v) is 16.5. The minimum Gasteiger partial charge on any atom is -0.494 e. The van der Waals surface area contributed by atoms with Gasteiger partial charge in [-0.2, -0.15) is 0 Å². The van der Waals surface area contributed by atoms with Crippen molar-refractivity contribution in [2.45, 2.75) is 25.3 Å². The van der Waals surface area contributed by atoms with E-state index in [1.165, 1.54) is 4.57 Å². The maximum atomic E-state index is 11.5. The Bertz CT molecular complexity index is 1120. The molecular formula is C21H22N2O4S. The Kier molecular flexibility index (Phi) is 4.15. The summed E-state index contributed by atoms with van der Waals surface area (Å²) in [6, 6.07) is 16.7. The fraction of sp³-hybridized carbons (Fsp3) is 0.238. The van der Waals surface area contributed by atoms with Gasteiger partial charge in [0.05, 0.1) is 18.2 Å². The summed E-state index contributed by atoms with van der Waals surface area (Å²) in [5.74, 6) is 0.111. The van der Waals surface area contributed by atoms with Crippen molar-refractivity contribution in [1.82, 2.24) is 4.57 Å². The number of hydrogen-bond donors (Lipinski definition) is 3. The number of aromatic nitrogens is 1. The van der Waals surface area contributed by atoms with E-state index in [2.05, 4.69) is 4.72 Å². The molecule has 146 valence electrons. The van der Waals surface area contributed by atoms with Gasteiger partial charge >= 0.3 is 0 Å². The van der Waals surface area contributed by atoms with Crippen LogP contribution in [0.25, 0.3) is 0 Å². The van der Waals surface area contributed by atoms with Gasteiger partial charge in [0.25, 0.3) is 0 Å². The van der Waals surface area contributed by atoms with Gasteiger partial charge in [0.1, 0.15) is 0 Å². The Balaban J connectivity index is 1.72. The van der Waals surface area contributed by atoms with Crippen LogP contribution in [0.3, 0.4) is 0 Å². The first kappa shape index (κ1) is 18.4. The van der Waals surface area contributed by atoms with Crippen molar-refractivity contribution in [3.8, 4) is 11.8 Å². The third-order valence-electron chi connectivity index (χ3n) is 5.37. The molecule has 1 heterocycles. The molecule has 0 amide bonds. The van der Waals surface area contributed by atoms with E-state index in [-0.39, 0.29) is 11.8 Å². The van der Waals surface area contributed by atoms with Crippen LogP contribution in [0.5, 0.6) is 11.8 Å². The normalized spacial score (nSPS) is 14.5. The van der Waals surface area contributed by atoms with Crippen molar-refractivity contribution >= 4 is 15.7 Å². The van der Waals surface area contributed by atoms with Crippen molar-refractivity contribution in [3.63, 3.8) is 0 Å². The van der Waals surface area contributed by atoms with Gasteiger partial charge in [-0.15, -0.1) is 0 Å². The van der Waals surface area contributed by atoms with Gasteiger partial charge in [0, 0.05) is 16.8 Å². The van der Waals surface area contributed by atoms with Crippen molar-refractivity contribution in [2.75, 3.05) is 11.0 Å². The van der Waals surface area contributed by atoms with E-state index in [1.807, 2.05) is 43.3 Å². The van der Waals surface area contributed by atoms with Gasteiger partial charge in [-0.1, -0.05) is 49.4 Å². The Morgan fingerprint density at radius 1 is 1.00 bits per heavy atom. The first-order valence-corrected chi connectivity index (χ1v) is 10.9. The van der Waals surface area contributed by atoms with E-state index in [4.69, 9.17) is 0 Å². The highest BCUT2D eigenvalue weighted by atomic mass is 32.2. The summed E-state index contributed by atoms with van der Waals surface area (Å²) in [5.41, 5.74) is 3.10. The summed E-state index contributed by atoms with van der Waals surface area (Å²) in [5, 5.41) is 21.6. The van der Waals surface area contributed by atoms with Crippen molar-refractivity contribution in [2.24, 2.45) is 0 Å². The van der Waals surface area contributed by atoms with Crippen molar-refractivity contribution in [1.29, 1.82) is 0 Å². The molecule has 1 aliphatic carbocycles. The average molecular weight is 398 g/mol. The molecular weight excluding hydrogens is 376 g/mol. The van der Waals surface area contributed by atoms with Gasteiger partial charge in [-0.3, -0.25) is 9.29 Å². The number of sulfonamides is 1. The number of benzene rings is 2. The topological polar surface area (TPSA) is 91.6 Å². The molecule has 0 atom stereocenters. The summed E-state index contributed by atoms with van der Waals surface area (Å²) in [4.78, 5) is 0. The van der Waals surface area contributed by atoms with Crippen LogP contribution in [0.15, 0.2) is 54.6 Å². The van der Waals surface area contributed by atoms with E-state index in [9.17, 15) is 18.6 Å². The Morgan fingerprint density at radius 3 is 2.21 bits per heavy atom. The molecule has 0 bridgehead atoms. The summed E-state index contributed by atoms with van der Waals surface area (Å²) in [7, 11) is -3.39. The first-order valence-electron chi connectivity index (χ1n) is 9.05. The molecule has 4 rings (SSSR count). The van der Waals surface area contributed by atoms with E-state index in [1.54, 1.807) is 18.2 Å². The van der Waals surface area contributed by atoms with E-state index in [0.29, 0.717) is 29.8 Å². The van der Waals surface area contributed by atoms with Crippen LogP contribution < -0.4 is 4.72 Å². The number of anilines is 1. The molecule has 0 fully saturated rings. The second-order valence-electron chi connectivity index (χ2n) is 7.18. The second kappa shape index (κ2) is 6.31. The monoisotopic (exact) mass is 398 g/mol. The molecule has 7 heteroatoms. The molecule has 0 saturated heterocycles. The molecule has 0 radical (unpaired) electrons. The van der Waals surface area contributed by atoms with Crippen LogP contribution in [-0.2, 0) is 22.0 Å². The zero-order chi connectivity index (χ0) is 20.1. The number of aromatic hydroxyl groups is 2. The molecule has 3 aromatic rings. The lowest BCUT2D eigenvalue weighted by atomic mass is 9.87. The first-order chi connectivity index (χ1) is 13.3. The van der Waals surface area contributed by atoms with Crippen molar-refractivity contribution in [3.05, 3.63) is 76.9 Å². The summed E-state index contributed by atoms with van der Waals surface area (Å²) >= 11 is 0. The van der Waals surface area contributed by atoms with Crippen LogP contribution >= 0.6 is 0 Å². The van der Waals surface area contributed by atoms with Crippen LogP contribution in [0, 0.1) is 0 Å². The van der Waals surface area contributed by atoms with E-state index < -0.39 is 15.4 Å². The van der Waals surface area contributed by atoms with Gasteiger partial charge in [0.2, 0.25) is 10.0 Å². The molecule has 1 aromatic heterocycles. The summed E-state index contributed by atoms with van der Waals surface area (Å²) in [6.07, 6.45) is 1.75. The molecule has 0 spiro atoms. The minimum absolute atomic E-state index is 0.0553. The SMILES string of the molecule is CCC1(c2cccc(NS(C)(=O)=O)c2)c2c1c(O)n(Cc1ccccc1)c2O.